The van der Waals surface area contributed by atoms with Crippen LogP contribution in [0.4, 0.5) is 0 Å². The van der Waals surface area contributed by atoms with Crippen molar-refractivity contribution in [3.63, 3.8) is 0 Å². The van der Waals surface area contributed by atoms with Crippen LogP contribution in [0.15, 0.2) is 0 Å². The van der Waals surface area contributed by atoms with E-state index in [1.807, 2.05) is 13.8 Å². The van der Waals surface area contributed by atoms with Gasteiger partial charge in [0.2, 0.25) is 0 Å². The molecule has 10 heavy (non-hydrogen) atoms. The number of nitrogens with two attached hydrogens (primary N) is 1. The molecule has 0 aliphatic heterocycles. The summed E-state index contributed by atoms with van der Waals surface area (Å²) >= 11 is 0. The van der Waals surface area contributed by atoms with Crippen molar-refractivity contribution in [2.45, 2.75) is 33.7 Å². The third-order valence-corrected chi connectivity index (χ3v) is 1.00. The zero-order chi connectivity index (χ0) is 8.73. The summed E-state index contributed by atoms with van der Waals surface area (Å²) in [5, 5.41) is 8.23. The van der Waals surface area contributed by atoms with E-state index in [0.29, 0.717) is 0 Å². The lowest BCUT2D eigenvalue weighted by atomic mass is 10.1. The highest BCUT2D eigenvalue weighted by atomic mass is 16.4. The van der Waals surface area contributed by atoms with Crippen LogP contribution in [0.1, 0.15) is 27.7 Å². The predicted molar refractivity (Wildman–Crippen MR) is 41.8 cm³/mol. The second-order valence-corrected chi connectivity index (χ2v) is 2.11. The van der Waals surface area contributed by atoms with Crippen molar-refractivity contribution >= 4 is 5.97 Å². The van der Waals surface area contributed by atoms with Crippen LogP contribution in [-0.2, 0) is 4.79 Å². The molecule has 0 fully saturated rings. The maximum Gasteiger partial charge on any atom is 0.320 e. The third-order valence-electron chi connectivity index (χ3n) is 1.00. The van der Waals surface area contributed by atoms with E-state index in [2.05, 4.69) is 0 Å². The zero-order valence-corrected chi connectivity index (χ0v) is 7.09. The average Bonchev–Trinajstić information content (AvgIpc) is 1.90. The van der Waals surface area contributed by atoms with E-state index in [9.17, 15) is 4.79 Å². The summed E-state index contributed by atoms with van der Waals surface area (Å²) in [6.07, 6.45) is 0. The van der Waals surface area contributed by atoms with Gasteiger partial charge in [0.25, 0.3) is 0 Å². The normalized spacial score (nSPS) is 11.8. The molecule has 0 radical (unpaired) electrons. The van der Waals surface area contributed by atoms with Crippen LogP contribution in [0, 0.1) is 5.92 Å². The van der Waals surface area contributed by atoms with E-state index in [0.717, 1.165) is 0 Å². The fourth-order valence-corrected chi connectivity index (χ4v) is 0.285. The molecule has 0 aromatic heterocycles. The molecule has 62 valence electrons. The summed E-state index contributed by atoms with van der Waals surface area (Å²) < 4.78 is 0. The zero-order valence-electron chi connectivity index (χ0n) is 7.09. The largest absolute Gasteiger partial charge is 0.480 e. The van der Waals surface area contributed by atoms with Gasteiger partial charge in [-0.1, -0.05) is 27.7 Å². The Kier molecular flexibility index (Phi) is 7.95. The van der Waals surface area contributed by atoms with E-state index in [-0.39, 0.29) is 5.92 Å². The minimum absolute atomic E-state index is 0.0208. The maximum atomic E-state index is 10.0. The van der Waals surface area contributed by atoms with Crippen molar-refractivity contribution in [3.8, 4) is 0 Å². The van der Waals surface area contributed by atoms with Gasteiger partial charge < -0.3 is 10.8 Å². The molecule has 0 aromatic rings. The summed E-state index contributed by atoms with van der Waals surface area (Å²) in [6.45, 7) is 7.55. The number of aliphatic carboxylic acids is 1. The fraction of sp³-hybridized carbons (Fsp3) is 0.857. The first-order chi connectivity index (χ1) is 4.55. The molecule has 0 aliphatic rings. The van der Waals surface area contributed by atoms with Gasteiger partial charge in [0, 0.05) is 0 Å². The van der Waals surface area contributed by atoms with Gasteiger partial charge in [-0.25, -0.2) is 0 Å². The Hall–Kier alpha value is -0.570. The van der Waals surface area contributed by atoms with Gasteiger partial charge >= 0.3 is 5.97 Å². The van der Waals surface area contributed by atoms with Crippen molar-refractivity contribution in [2.75, 3.05) is 0 Å². The quantitative estimate of drug-likeness (QED) is 0.614. The van der Waals surface area contributed by atoms with Crippen LogP contribution >= 0.6 is 0 Å². The smallest absolute Gasteiger partial charge is 0.320 e. The molecule has 0 bridgehead atoms. The molecular weight excluding hydrogens is 130 g/mol. The molecule has 3 N–H and O–H groups in total. The lowest BCUT2D eigenvalue weighted by Gasteiger charge is -2.07. The maximum absolute atomic E-state index is 10.0. The van der Waals surface area contributed by atoms with Crippen molar-refractivity contribution in [3.05, 3.63) is 0 Å². The Morgan fingerprint density at radius 1 is 1.40 bits per heavy atom. The Morgan fingerprint density at radius 2 is 1.70 bits per heavy atom. The van der Waals surface area contributed by atoms with Gasteiger partial charge in [-0.15, -0.1) is 0 Å². The topological polar surface area (TPSA) is 63.3 Å². The van der Waals surface area contributed by atoms with Gasteiger partial charge in [-0.05, 0) is 5.92 Å². The fourth-order valence-electron chi connectivity index (χ4n) is 0.285. The van der Waals surface area contributed by atoms with Crippen molar-refractivity contribution < 1.29 is 9.90 Å². The molecule has 1 atom stereocenters. The third kappa shape index (κ3) is 5.56. The van der Waals surface area contributed by atoms with Crippen LogP contribution in [-0.4, -0.2) is 17.1 Å². The minimum Gasteiger partial charge on any atom is -0.480 e. The van der Waals surface area contributed by atoms with E-state index < -0.39 is 12.0 Å². The average molecular weight is 147 g/mol. The predicted octanol–water partition coefficient (Wildman–Crippen LogP) is 1.08. The van der Waals surface area contributed by atoms with E-state index >= 15 is 0 Å². The summed E-state index contributed by atoms with van der Waals surface area (Å²) in [4.78, 5) is 10.0. The molecule has 0 aromatic carbocycles. The Morgan fingerprint density at radius 3 is 1.70 bits per heavy atom. The SMILES string of the molecule is CC.CC(C)C(N)C(=O)O. The molecule has 3 nitrogen and oxygen atoms in total. The van der Waals surface area contributed by atoms with Gasteiger partial charge in [0.15, 0.2) is 0 Å². The lowest BCUT2D eigenvalue weighted by Crippen LogP contribution is -2.34. The monoisotopic (exact) mass is 147 g/mol. The number of carboxylic acids is 1. The summed E-state index contributed by atoms with van der Waals surface area (Å²) in [7, 11) is 0. The first-order valence-corrected chi connectivity index (χ1v) is 3.54. The Balaban J connectivity index is 0. The number of carboxylic acid groups (broad SMARTS) is 1. The van der Waals surface area contributed by atoms with Crippen molar-refractivity contribution in [2.24, 2.45) is 11.7 Å². The van der Waals surface area contributed by atoms with Crippen molar-refractivity contribution in [1.29, 1.82) is 0 Å². The highest BCUT2D eigenvalue weighted by molar-refractivity contribution is 5.73. The van der Waals surface area contributed by atoms with Crippen molar-refractivity contribution in [1.82, 2.24) is 0 Å². The summed E-state index contributed by atoms with van der Waals surface area (Å²) in [5.74, 6) is -0.910. The number of rotatable bonds is 2. The van der Waals surface area contributed by atoms with Gasteiger partial charge in [-0.3, -0.25) is 4.79 Å². The standard InChI is InChI=1S/C5H11NO2.C2H6/c1-3(2)4(6)5(7)8;1-2/h3-4H,6H2,1-2H3,(H,7,8);1-2H3. The first kappa shape index (κ1) is 12.1. The summed E-state index contributed by atoms with van der Waals surface area (Å²) in [5.41, 5.74) is 5.16. The first-order valence-electron chi connectivity index (χ1n) is 3.54. The highest BCUT2D eigenvalue weighted by Crippen LogP contribution is 1.96. The van der Waals surface area contributed by atoms with Crippen LogP contribution in [0.25, 0.3) is 0 Å². The molecule has 0 amide bonds. The Bertz CT molecular complexity index is 91.6. The second kappa shape index (κ2) is 6.55. The second-order valence-electron chi connectivity index (χ2n) is 2.11. The lowest BCUT2D eigenvalue weighted by molar-refractivity contribution is -0.139. The van der Waals surface area contributed by atoms with E-state index in [1.54, 1.807) is 13.8 Å². The van der Waals surface area contributed by atoms with E-state index in [1.165, 1.54) is 0 Å². The number of carbonyl (C=O) groups is 1. The molecule has 0 heterocycles. The van der Waals surface area contributed by atoms with E-state index in [4.69, 9.17) is 10.8 Å². The molecule has 0 spiro atoms. The van der Waals surface area contributed by atoms with Gasteiger partial charge in [0.05, 0.1) is 0 Å². The number of hydrogen-bond acceptors (Lipinski definition) is 2. The van der Waals surface area contributed by atoms with Gasteiger partial charge in [-0.2, -0.15) is 0 Å². The van der Waals surface area contributed by atoms with Crippen LogP contribution in [0.5, 0.6) is 0 Å². The van der Waals surface area contributed by atoms with Crippen LogP contribution in [0.3, 0.4) is 0 Å². The minimum atomic E-state index is -0.931. The molecule has 0 aliphatic carbocycles. The highest BCUT2D eigenvalue weighted by Gasteiger charge is 2.14. The van der Waals surface area contributed by atoms with Crippen LogP contribution in [0.2, 0.25) is 0 Å². The molecule has 3 heteroatoms. The molecule has 0 rings (SSSR count). The van der Waals surface area contributed by atoms with Crippen LogP contribution < -0.4 is 5.73 Å². The molecule has 0 saturated carbocycles. The molecular formula is C7H17NO2. The summed E-state index contributed by atoms with van der Waals surface area (Å²) in [6, 6.07) is -0.713. The van der Waals surface area contributed by atoms with Gasteiger partial charge in [0.1, 0.15) is 6.04 Å². The molecule has 0 saturated heterocycles. The Labute approximate surface area is 62.2 Å². The number of hydrogen-bond donors (Lipinski definition) is 2. The molecule has 1 unspecified atom stereocenters.